The number of aromatic hydroxyl groups is 1. The number of rotatable bonds is 3. The average Bonchev–Trinajstić information content (AvgIpc) is 2.22. The van der Waals surface area contributed by atoms with Gasteiger partial charge in [0.15, 0.2) is 0 Å². The van der Waals surface area contributed by atoms with Crippen LogP contribution < -0.4 is 0 Å². The van der Waals surface area contributed by atoms with Crippen LogP contribution in [0, 0.1) is 6.92 Å². The topological polar surface area (TPSA) is 46.5 Å². The number of benzene rings is 1. The maximum absolute atomic E-state index is 11.5. The lowest BCUT2D eigenvalue weighted by atomic mass is 10.1. The lowest BCUT2D eigenvalue weighted by molar-refractivity contribution is 0.0546. The SMILES string of the molecule is C/C=C/COC(=O)c1cc(C)ccc1O. The summed E-state index contributed by atoms with van der Waals surface area (Å²) in [5, 5.41) is 9.44. The Balaban J connectivity index is 2.77. The van der Waals surface area contributed by atoms with Crippen LogP contribution >= 0.6 is 0 Å². The molecule has 0 spiro atoms. The molecule has 0 aromatic heterocycles. The number of phenols is 1. The summed E-state index contributed by atoms with van der Waals surface area (Å²) in [6.07, 6.45) is 3.52. The van der Waals surface area contributed by atoms with Crippen molar-refractivity contribution >= 4 is 5.97 Å². The van der Waals surface area contributed by atoms with Crippen molar-refractivity contribution in [2.75, 3.05) is 6.61 Å². The molecule has 80 valence electrons. The Morgan fingerprint density at radius 1 is 1.53 bits per heavy atom. The van der Waals surface area contributed by atoms with Crippen molar-refractivity contribution in [3.8, 4) is 5.75 Å². The summed E-state index contributed by atoms with van der Waals surface area (Å²) >= 11 is 0. The molecule has 1 aromatic carbocycles. The van der Waals surface area contributed by atoms with Crippen LogP contribution in [-0.4, -0.2) is 17.7 Å². The highest BCUT2D eigenvalue weighted by Gasteiger charge is 2.11. The smallest absolute Gasteiger partial charge is 0.342 e. The number of carbonyl (C=O) groups is 1. The van der Waals surface area contributed by atoms with Crippen molar-refractivity contribution in [2.45, 2.75) is 13.8 Å². The van der Waals surface area contributed by atoms with Gasteiger partial charge in [0, 0.05) is 0 Å². The monoisotopic (exact) mass is 206 g/mol. The van der Waals surface area contributed by atoms with E-state index in [0.29, 0.717) is 0 Å². The highest BCUT2D eigenvalue weighted by molar-refractivity contribution is 5.92. The van der Waals surface area contributed by atoms with E-state index in [1.165, 1.54) is 6.07 Å². The summed E-state index contributed by atoms with van der Waals surface area (Å²) in [6.45, 7) is 3.92. The van der Waals surface area contributed by atoms with Crippen molar-refractivity contribution < 1.29 is 14.6 Å². The second kappa shape index (κ2) is 5.20. The summed E-state index contributed by atoms with van der Waals surface area (Å²) < 4.78 is 4.92. The predicted molar refractivity (Wildman–Crippen MR) is 57.9 cm³/mol. The fraction of sp³-hybridized carbons (Fsp3) is 0.250. The van der Waals surface area contributed by atoms with E-state index in [0.717, 1.165) is 5.56 Å². The summed E-state index contributed by atoms with van der Waals surface area (Å²) in [4.78, 5) is 11.5. The third-order valence-electron chi connectivity index (χ3n) is 1.92. The molecule has 0 bridgehead atoms. The van der Waals surface area contributed by atoms with Crippen LogP contribution in [0.4, 0.5) is 0 Å². The van der Waals surface area contributed by atoms with Crippen LogP contribution in [0.15, 0.2) is 30.4 Å². The van der Waals surface area contributed by atoms with E-state index in [9.17, 15) is 9.90 Å². The Hall–Kier alpha value is -1.77. The number of ether oxygens (including phenoxy) is 1. The Kier molecular flexibility index (Phi) is 3.92. The van der Waals surface area contributed by atoms with E-state index in [2.05, 4.69) is 0 Å². The molecule has 0 saturated heterocycles. The third kappa shape index (κ3) is 3.13. The largest absolute Gasteiger partial charge is 0.507 e. The highest BCUT2D eigenvalue weighted by Crippen LogP contribution is 2.18. The van der Waals surface area contributed by atoms with Crippen LogP contribution in [0.3, 0.4) is 0 Å². The number of carbonyl (C=O) groups excluding carboxylic acids is 1. The van der Waals surface area contributed by atoms with Gasteiger partial charge in [0.1, 0.15) is 17.9 Å². The maximum atomic E-state index is 11.5. The van der Waals surface area contributed by atoms with Crippen molar-refractivity contribution in [1.29, 1.82) is 0 Å². The lowest BCUT2D eigenvalue weighted by Crippen LogP contribution is -2.05. The van der Waals surface area contributed by atoms with E-state index < -0.39 is 5.97 Å². The van der Waals surface area contributed by atoms with E-state index in [1.807, 2.05) is 13.8 Å². The first-order valence-electron chi connectivity index (χ1n) is 4.73. The molecule has 0 amide bonds. The van der Waals surface area contributed by atoms with E-state index in [1.54, 1.807) is 24.3 Å². The van der Waals surface area contributed by atoms with Gasteiger partial charge in [0.25, 0.3) is 0 Å². The second-order valence-corrected chi connectivity index (χ2v) is 3.19. The van der Waals surface area contributed by atoms with Crippen molar-refractivity contribution in [3.05, 3.63) is 41.5 Å². The average molecular weight is 206 g/mol. The number of hydrogen-bond acceptors (Lipinski definition) is 3. The number of allylic oxidation sites excluding steroid dienone is 1. The van der Waals surface area contributed by atoms with Gasteiger partial charge in [-0.2, -0.15) is 0 Å². The molecule has 0 fully saturated rings. The standard InChI is InChI=1S/C12H14O3/c1-3-4-7-15-12(14)10-8-9(2)5-6-11(10)13/h3-6,8,13H,7H2,1-2H3/b4-3+. The number of hydrogen-bond donors (Lipinski definition) is 1. The van der Waals surface area contributed by atoms with Gasteiger partial charge in [-0.3, -0.25) is 0 Å². The molecule has 0 aliphatic rings. The third-order valence-corrected chi connectivity index (χ3v) is 1.92. The van der Waals surface area contributed by atoms with Gasteiger partial charge in [-0.25, -0.2) is 4.79 Å². The molecule has 0 aliphatic carbocycles. The minimum Gasteiger partial charge on any atom is -0.507 e. The summed E-state index contributed by atoms with van der Waals surface area (Å²) in [6, 6.07) is 4.83. The van der Waals surface area contributed by atoms with Crippen molar-refractivity contribution in [1.82, 2.24) is 0 Å². The lowest BCUT2D eigenvalue weighted by Gasteiger charge is -2.04. The fourth-order valence-electron chi connectivity index (χ4n) is 1.11. The van der Waals surface area contributed by atoms with Gasteiger partial charge in [0.05, 0.1) is 0 Å². The zero-order valence-corrected chi connectivity index (χ0v) is 8.86. The minimum atomic E-state index is -0.505. The van der Waals surface area contributed by atoms with Gasteiger partial charge in [-0.1, -0.05) is 23.8 Å². The molecule has 1 rings (SSSR count). The van der Waals surface area contributed by atoms with Gasteiger partial charge in [-0.15, -0.1) is 0 Å². The Labute approximate surface area is 89.0 Å². The molecule has 1 aromatic rings. The Bertz CT molecular complexity index is 380. The van der Waals surface area contributed by atoms with Crippen LogP contribution in [-0.2, 0) is 4.74 Å². The quantitative estimate of drug-likeness (QED) is 0.610. The van der Waals surface area contributed by atoms with Crippen LogP contribution in [0.25, 0.3) is 0 Å². The molecule has 0 saturated carbocycles. The Morgan fingerprint density at radius 3 is 2.93 bits per heavy atom. The molecule has 0 heterocycles. The van der Waals surface area contributed by atoms with E-state index in [4.69, 9.17) is 4.74 Å². The summed E-state index contributed by atoms with van der Waals surface area (Å²) in [7, 11) is 0. The van der Waals surface area contributed by atoms with E-state index >= 15 is 0 Å². The molecule has 1 N–H and O–H groups in total. The predicted octanol–water partition coefficient (Wildman–Crippen LogP) is 2.43. The van der Waals surface area contributed by atoms with Crippen LogP contribution in [0.1, 0.15) is 22.8 Å². The van der Waals surface area contributed by atoms with Gasteiger partial charge in [-0.05, 0) is 26.0 Å². The number of esters is 1. The molecular weight excluding hydrogens is 192 g/mol. The maximum Gasteiger partial charge on any atom is 0.342 e. The fourth-order valence-corrected chi connectivity index (χ4v) is 1.11. The summed E-state index contributed by atoms with van der Waals surface area (Å²) in [5.41, 5.74) is 1.12. The molecule has 0 radical (unpaired) electrons. The molecule has 0 atom stereocenters. The molecule has 3 heteroatoms. The number of phenolic OH excluding ortho intramolecular Hbond substituents is 1. The van der Waals surface area contributed by atoms with E-state index in [-0.39, 0.29) is 17.9 Å². The Morgan fingerprint density at radius 2 is 2.27 bits per heavy atom. The second-order valence-electron chi connectivity index (χ2n) is 3.19. The van der Waals surface area contributed by atoms with Crippen molar-refractivity contribution in [3.63, 3.8) is 0 Å². The first kappa shape index (κ1) is 11.3. The summed E-state index contributed by atoms with van der Waals surface area (Å²) in [5.74, 6) is -0.555. The molecule has 0 aliphatic heterocycles. The number of aryl methyl sites for hydroxylation is 1. The van der Waals surface area contributed by atoms with Crippen LogP contribution in [0.2, 0.25) is 0 Å². The first-order valence-corrected chi connectivity index (χ1v) is 4.73. The first-order chi connectivity index (χ1) is 7.15. The zero-order chi connectivity index (χ0) is 11.3. The van der Waals surface area contributed by atoms with Gasteiger partial charge < -0.3 is 9.84 Å². The zero-order valence-electron chi connectivity index (χ0n) is 8.86. The highest BCUT2D eigenvalue weighted by atomic mass is 16.5. The minimum absolute atomic E-state index is 0.0499. The normalized spacial score (nSPS) is 10.5. The molecular formula is C12H14O3. The van der Waals surface area contributed by atoms with Gasteiger partial charge >= 0.3 is 5.97 Å². The van der Waals surface area contributed by atoms with Gasteiger partial charge in [0.2, 0.25) is 0 Å². The van der Waals surface area contributed by atoms with Crippen molar-refractivity contribution in [2.24, 2.45) is 0 Å². The molecule has 15 heavy (non-hydrogen) atoms. The van der Waals surface area contributed by atoms with Crippen LogP contribution in [0.5, 0.6) is 5.75 Å². The molecule has 0 unspecified atom stereocenters. The molecule has 3 nitrogen and oxygen atoms in total.